The van der Waals surface area contributed by atoms with E-state index in [4.69, 9.17) is 22.1 Å². The Kier molecular flexibility index (Phi) is 4.08. The summed E-state index contributed by atoms with van der Waals surface area (Å²) in [6.45, 7) is 3.67. The number of hydrogen-bond acceptors (Lipinski definition) is 2. The lowest BCUT2D eigenvalue weighted by atomic mass is 10.1. The zero-order valence-electron chi connectivity index (χ0n) is 10.8. The van der Waals surface area contributed by atoms with Gasteiger partial charge in [0.1, 0.15) is 17.3 Å². The van der Waals surface area contributed by atoms with E-state index in [0.717, 1.165) is 5.56 Å². The number of halogens is 2. The van der Waals surface area contributed by atoms with Crippen molar-refractivity contribution in [3.05, 3.63) is 58.4 Å². The maximum atomic E-state index is 13.0. The van der Waals surface area contributed by atoms with Crippen LogP contribution in [-0.2, 0) is 0 Å². The maximum absolute atomic E-state index is 13.0. The Labute approximate surface area is 117 Å². The van der Waals surface area contributed by atoms with Crippen LogP contribution in [0.4, 0.5) is 4.39 Å². The van der Waals surface area contributed by atoms with Crippen LogP contribution in [0.2, 0.25) is 5.02 Å². The minimum atomic E-state index is -0.289. The van der Waals surface area contributed by atoms with Crippen LogP contribution in [0.15, 0.2) is 36.4 Å². The fourth-order valence-electron chi connectivity index (χ4n) is 1.73. The molecule has 0 amide bonds. The van der Waals surface area contributed by atoms with Crippen molar-refractivity contribution in [1.82, 2.24) is 0 Å². The molecule has 0 saturated heterocycles. The molecule has 0 aliphatic heterocycles. The van der Waals surface area contributed by atoms with E-state index in [0.29, 0.717) is 22.1 Å². The predicted molar refractivity (Wildman–Crippen MR) is 75.3 cm³/mol. The highest BCUT2D eigenvalue weighted by Gasteiger charge is 2.08. The minimum Gasteiger partial charge on any atom is -0.456 e. The molecule has 0 saturated carbocycles. The van der Waals surface area contributed by atoms with E-state index in [-0.39, 0.29) is 11.9 Å². The predicted octanol–water partition coefficient (Wildman–Crippen LogP) is 4.60. The second kappa shape index (κ2) is 5.59. The summed E-state index contributed by atoms with van der Waals surface area (Å²) >= 11 is 6.15. The fourth-order valence-corrected chi connectivity index (χ4v) is 1.96. The summed E-state index contributed by atoms with van der Waals surface area (Å²) in [6.07, 6.45) is 0. The number of ether oxygens (including phenoxy) is 1. The van der Waals surface area contributed by atoms with Gasteiger partial charge in [0.25, 0.3) is 0 Å². The zero-order chi connectivity index (χ0) is 14.0. The quantitative estimate of drug-likeness (QED) is 0.891. The molecule has 100 valence electrons. The first kappa shape index (κ1) is 13.8. The number of hydrogen-bond donors (Lipinski definition) is 1. The fraction of sp³-hybridized carbons (Fsp3) is 0.200. The topological polar surface area (TPSA) is 35.2 Å². The monoisotopic (exact) mass is 279 g/mol. The van der Waals surface area contributed by atoms with Gasteiger partial charge in [-0.05, 0) is 55.3 Å². The summed E-state index contributed by atoms with van der Waals surface area (Å²) in [7, 11) is 0. The van der Waals surface area contributed by atoms with Crippen molar-refractivity contribution in [3.63, 3.8) is 0 Å². The van der Waals surface area contributed by atoms with Crippen molar-refractivity contribution in [1.29, 1.82) is 0 Å². The van der Waals surface area contributed by atoms with E-state index in [1.165, 1.54) is 12.1 Å². The van der Waals surface area contributed by atoms with Gasteiger partial charge in [0.2, 0.25) is 0 Å². The molecular weight excluding hydrogens is 265 g/mol. The number of nitrogens with two attached hydrogens (primary N) is 1. The third kappa shape index (κ3) is 3.25. The van der Waals surface area contributed by atoms with Gasteiger partial charge in [-0.1, -0.05) is 17.7 Å². The molecule has 2 aromatic rings. The zero-order valence-corrected chi connectivity index (χ0v) is 11.5. The first-order chi connectivity index (χ1) is 8.97. The van der Waals surface area contributed by atoms with E-state index in [1.807, 2.05) is 13.0 Å². The third-order valence-corrected chi connectivity index (χ3v) is 3.13. The van der Waals surface area contributed by atoms with Crippen LogP contribution in [0.3, 0.4) is 0 Å². The molecule has 0 heterocycles. The molecule has 0 aliphatic carbocycles. The van der Waals surface area contributed by atoms with Crippen LogP contribution in [0.5, 0.6) is 11.5 Å². The molecule has 4 heteroatoms. The van der Waals surface area contributed by atoms with Crippen molar-refractivity contribution in [2.24, 2.45) is 5.73 Å². The number of aryl methyl sites for hydroxylation is 1. The van der Waals surface area contributed by atoms with Gasteiger partial charge in [0, 0.05) is 6.04 Å². The second-order valence-electron chi connectivity index (χ2n) is 4.49. The maximum Gasteiger partial charge on any atom is 0.146 e. The normalized spacial score (nSPS) is 12.3. The molecule has 0 unspecified atom stereocenters. The molecule has 2 aromatic carbocycles. The van der Waals surface area contributed by atoms with E-state index in [1.54, 1.807) is 25.1 Å². The van der Waals surface area contributed by atoms with E-state index < -0.39 is 0 Å². The average molecular weight is 280 g/mol. The molecular formula is C15H15ClFNO. The molecule has 0 aromatic heterocycles. The largest absolute Gasteiger partial charge is 0.456 e. The lowest BCUT2D eigenvalue weighted by Gasteiger charge is -2.12. The summed E-state index contributed by atoms with van der Waals surface area (Å²) < 4.78 is 18.7. The summed E-state index contributed by atoms with van der Waals surface area (Å²) in [4.78, 5) is 0. The highest BCUT2D eigenvalue weighted by molar-refractivity contribution is 6.32. The highest BCUT2D eigenvalue weighted by Crippen LogP contribution is 2.32. The van der Waals surface area contributed by atoms with Gasteiger partial charge in [-0.15, -0.1) is 0 Å². The molecule has 2 N–H and O–H groups in total. The molecule has 2 nitrogen and oxygen atoms in total. The summed E-state index contributed by atoms with van der Waals surface area (Å²) in [6, 6.07) is 9.68. The van der Waals surface area contributed by atoms with Gasteiger partial charge in [-0.2, -0.15) is 0 Å². The van der Waals surface area contributed by atoms with Crippen LogP contribution < -0.4 is 10.5 Å². The molecule has 0 fully saturated rings. The first-order valence-electron chi connectivity index (χ1n) is 5.96. The summed E-state index contributed by atoms with van der Waals surface area (Å²) in [5, 5.41) is 0.485. The molecule has 19 heavy (non-hydrogen) atoms. The van der Waals surface area contributed by atoms with Gasteiger partial charge in [0.05, 0.1) is 5.02 Å². The molecule has 0 aliphatic rings. The van der Waals surface area contributed by atoms with Crippen molar-refractivity contribution in [2.75, 3.05) is 0 Å². The Bertz CT molecular complexity index is 599. The van der Waals surface area contributed by atoms with Crippen LogP contribution >= 0.6 is 11.6 Å². The van der Waals surface area contributed by atoms with Crippen LogP contribution in [0.25, 0.3) is 0 Å². The van der Waals surface area contributed by atoms with Gasteiger partial charge in [0.15, 0.2) is 0 Å². The Morgan fingerprint density at radius 2 is 1.84 bits per heavy atom. The lowest BCUT2D eigenvalue weighted by molar-refractivity contribution is 0.476. The Morgan fingerprint density at radius 1 is 1.16 bits per heavy atom. The standard InChI is InChI=1S/C15H15ClFNO/c1-9-7-12(17)4-6-14(9)19-15-5-3-11(10(2)18)8-13(15)16/h3-8,10H,18H2,1-2H3/t10-/m0/s1. The Morgan fingerprint density at radius 3 is 2.42 bits per heavy atom. The number of rotatable bonds is 3. The molecule has 1 atom stereocenters. The van der Waals surface area contributed by atoms with Crippen LogP contribution in [0.1, 0.15) is 24.1 Å². The van der Waals surface area contributed by atoms with Crippen molar-refractivity contribution in [3.8, 4) is 11.5 Å². The SMILES string of the molecule is Cc1cc(F)ccc1Oc1ccc([C@H](C)N)cc1Cl. The van der Waals surface area contributed by atoms with Gasteiger partial charge < -0.3 is 10.5 Å². The molecule has 0 bridgehead atoms. The molecule has 0 spiro atoms. The first-order valence-corrected chi connectivity index (χ1v) is 6.34. The van der Waals surface area contributed by atoms with E-state index in [2.05, 4.69) is 0 Å². The van der Waals surface area contributed by atoms with Crippen LogP contribution in [-0.4, -0.2) is 0 Å². The van der Waals surface area contributed by atoms with Gasteiger partial charge in [-0.25, -0.2) is 4.39 Å². The smallest absolute Gasteiger partial charge is 0.146 e. The van der Waals surface area contributed by atoms with Crippen molar-refractivity contribution < 1.29 is 9.13 Å². The summed E-state index contributed by atoms with van der Waals surface area (Å²) in [5.74, 6) is 0.820. The summed E-state index contributed by atoms with van der Waals surface area (Å²) in [5.41, 5.74) is 7.44. The highest BCUT2D eigenvalue weighted by atomic mass is 35.5. The second-order valence-corrected chi connectivity index (χ2v) is 4.90. The third-order valence-electron chi connectivity index (χ3n) is 2.84. The molecule has 2 rings (SSSR count). The van der Waals surface area contributed by atoms with Crippen molar-refractivity contribution >= 4 is 11.6 Å². The number of benzene rings is 2. The minimum absolute atomic E-state index is 0.0842. The van der Waals surface area contributed by atoms with E-state index in [9.17, 15) is 4.39 Å². The molecule has 0 radical (unpaired) electrons. The van der Waals surface area contributed by atoms with Gasteiger partial charge in [-0.3, -0.25) is 0 Å². The average Bonchev–Trinajstić information content (AvgIpc) is 2.34. The lowest BCUT2D eigenvalue weighted by Crippen LogP contribution is -2.04. The van der Waals surface area contributed by atoms with Crippen LogP contribution in [0, 0.1) is 12.7 Å². The van der Waals surface area contributed by atoms with Gasteiger partial charge >= 0.3 is 0 Å². The van der Waals surface area contributed by atoms with E-state index >= 15 is 0 Å². The Hall–Kier alpha value is -1.58. The Balaban J connectivity index is 2.28. The van der Waals surface area contributed by atoms with Crippen molar-refractivity contribution in [2.45, 2.75) is 19.9 Å².